The van der Waals surface area contributed by atoms with Crippen LogP contribution >= 0.6 is 22.9 Å². The Kier molecular flexibility index (Phi) is 2.06. The molecule has 0 aliphatic rings. The zero-order chi connectivity index (χ0) is 8.39. The third kappa shape index (κ3) is 1.47. The predicted molar refractivity (Wildman–Crippen MR) is 50.4 cm³/mol. The largest absolute Gasteiger partial charge is 0.236 e. The molecule has 0 radical (unpaired) electrons. The van der Waals surface area contributed by atoms with E-state index < -0.39 is 0 Å². The zero-order valence-electron chi connectivity index (χ0n) is 6.07. The topological polar surface area (TPSA) is 25.8 Å². The molecule has 0 unspecified atom stereocenters. The smallest absolute Gasteiger partial charge is 0.161 e. The molecule has 0 fully saturated rings. The molecule has 2 aromatic heterocycles. The van der Waals surface area contributed by atoms with Gasteiger partial charge in [0.1, 0.15) is 5.15 Å². The van der Waals surface area contributed by atoms with Crippen LogP contribution in [0.15, 0.2) is 29.1 Å². The number of nitrogens with zero attached hydrogens (tertiary/aromatic N) is 2. The molecule has 0 aliphatic carbocycles. The van der Waals surface area contributed by atoms with Crippen molar-refractivity contribution in [3.05, 3.63) is 34.2 Å². The van der Waals surface area contributed by atoms with Crippen molar-refractivity contribution in [2.24, 2.45) is 0 Å². The minimum atomic E-state index is 0.478. The molecule has 0 atom stereocenters. The molecule has 0 bridgehead atoms. The highest BCUT2D eigenvalue weighted by Gasteiger charge is 2.00. The number of hydrogen-bond acceptors (Lipinski definition) is 3. The lowest BCUT2D eigenvalue weighted by atomic mass is 10.3. The van der Waals surface area contributed by atoms with Crippen LogP contribution in [0.5, 0.6) is 0 Å². The van der Waals surface area contributed by atoms with Gasteiger partial charge in [0.2, 0.25) is 0 Å². The second-order valence-electron chi connectivity index (χ2n) is 2.21. The van der Waals surface area contributed by atoms with Crippen LogP contribution in [0.25, 0.3) is 11.4 Å². The fourth-order valence-corrected chi connectivity index (χ4v) is 1.64. The van der Waals surface area contributed by atoms with E-state index in [1.807, 2.05) is 16.8 Å². The Bertz CT molecular complexity index is 372. The summed E-state index contributed by atoms with van der Waals surface area (Å²) in [6.07, 6.45) is 1.66. The lowest BCUT2D eigenvalue weighted by Crippen LogP contribution is -1.85. The molecule has 0 aliphatic heterocycles. The maximum Gasteiger partial charge on any atom is 0.161 e. The van der Waals surface area contributed by atoms with E-state index in [1.165, 1.54) is 0 Å². The van der Waals surface area contributed by atoms with Crippen LogP contribution in [-0.2, 0) is 0 Å². The summed E-state index contributed by atoms with van der Waals surface area (Å²) in [5.74, 6) is 0.684. The average molecular weight is 197 g/mol. The lowest BCUT2D eigenvalue weighted by molar-refractivity contribution is 1.18. The average Bonchev–Trinajstić information content (AvgIpc) is 2.56. The molecule has 2 aromatic rings. The molecule has 4 heteroatoms. The molecular weight excluding hydrogens is 192 g/mol. The minimum Gasteiger partial charge on any atom is -0.236 e. The van der Waals surface area contributed by atoms with E-state index in [0.717, 1.165) is 5.56 Å². The molecule has 2 rings (SSSR count). The number of thiophene rings is 1. The van der Waals surface area contributed by atoms with Crippen LogP contribution < -0.4 is 0 Å². The summed E-state index contributed by atoms with van der Waals surface area (Å²) in [6, 6.07) is 3.63. The van der Waals surface area contributed by atoms with Gasteiger partial charge in [0.15, 0.2) is 5.82 Å². The van der Waals surface area contributed by atoms with E-state index in [-0.39, 0.29) is 0 Å². The van der Waals surface area contributed by atoms with Gasteiger partial charge in [-0.25, -0.2) is 9.97 Å². The second kappa shape index (κ2) is 3.21. The van der Waals surface area contributed by atoms with Crippen LogP contribution in [0.1, 0.15) is 0 Å². The van der Waals surface area contributed by atoms with E-state index in [0.29, 0.717) is 11.0 Å². The summed E-state index contributed by atoms with van der Waals surface area (Å²) >= 11 is 7.33. The summed E-state index contributed by atoms with van der Waals surface area (Å²) in [4.78, 5) is 8.17. The molecule has 2 nitrogen and oxygen atoms in total. The van der Waals surface area contributed by atoms with Gasteiger partial charge in [-0.05, 0) is 17.5 Å². The molecule has 0 aromatic carbocycles. The highest BCUT2D eigenvalue weighted by molar-refractivity contribution is 7.08. The van der Waals surface area contributed by atoms with Crippen LogP contribution in [0.4, 0.5) is 0 Å². The SMILES string of the molecule is Clc1ccnc(-c2ccsc2)n1. The van der Waals surface area contributed by atoms with E-state index in [2.05, 4.69) is 9.97 Å². The molecule has 0 spiro atoms. The van der Waals surface area contributed by atoms with Crippen molar-refractivity contribution >= 4 is 22.9 Å². The standard InChI is InChI=1S/C8H5ClN2S/c9-7-1-3-10-8(11-7)6-2-4-12-5-6/h1-5H. The third-order valence-corrected chi connectivity index (χ3v) is 2.29. The first-order chi connectivity index (χ1) is 5.86. The van der Waals surface area contributed by atoms with Crippen molar-refractivity contribution in [3.63, 3.8) is 0 Å². The number of halogens is 1. The Labute approximate surface area is 78.9 Å². The van der Waals surface area contributed by atoms with Crippen molar-refractivity contribution in [1.29, 1.82) is 0 Å². The van der Waals surface area contributed by atoms with Crippen LogP contribution in [-0.4, -0.2) is 9.97 Å². The highest BCUT2D eigenvalue weighted by atomic mass is 35.5. The maximum absolute atomic E-state index is 5.71. The van der Waals surface area contributed by atoms with Gasteiger partial charge in [-0.1, -0.05) is 11.6 Å². The fourth-order valence-electron chi connectivity index (χ4n) is 0.867. The maximum atomic E-state index is 5.71. The fraction of sp³-hybridized carbons (Fsp3) is 0. The van der Waals surface area contributed by atoms with Crippen molar-refractivity contribution in [3.8, 4) is 11.4 Å². The van der Waals surface area contributed by atoms with E-state index in [4.69, 9.17) is 11.6 Å². The Balaban J connectivity index is 2.48. The Hall–Kier alpha value is -0.930. The van der Waals surface area contributed by atoms with E-state index in [1.54, 1.807) is 23.6 Å². The van der Waals surface area contributed by atoms with Gasteiger partial charge in [-0.2, -0.15) is 11.3 Å². The van der Waals surface area contributed by atoms with Crippen LogP contribution in [0.2, 0.25) is 5.15 Å². The number of hydrogen-bond donors (Lipinski definition) is 0. The first-order valence-corrected chi connectivity index (χ1v) is 4.69. The predicted octanol–water partition coefficient (Wildman–Crippen LogP) is 2.86. The Morgan fingerprint density at radius 2 is 2.25 bits per heavy atom. The van der Waals surface area contributed by atoms with Gasteiger partial charge < -0.3 is 0 Å². The Morgan fingerprint density at radius 3 is 2.92 bits per heavy atom. The minimum absolute atomic E-state index is 0.478. The lowest BCUT2D eigenvalue weighted by Gasteiger charge is -1.94. The quantitative estimate of drug-likeness (QED) is 0.656. The Morgan fingerprint density at radius 1 is 1.33 bits per heavy atom. The van der Waals surface area contributed by atoms with Crippen LogP contribution in [0.3, 0.4) is 0 Å². The molecular formula is C8H5ClN2S. The molecule has 12 heavy (non-hydrogen) atoms. The molecule has 0 N–H and O–H groups in total. The summed E-state index contributed by atoms with van der Waals surface area (Å²) in [6.45, 7) is 0. The summed E-state index contributed by atoms with van der Waals surface area (Å²) in [5, 5.41) is 4.46. The monoisotopic (exact) mass is 196 g/mol. The van der Waals surface area contributed by atoms with Gasteiger partial charge in [-0.3, -0.25) is 0 Å². The first kappa shape index (κ1) is 7.71. The third-order valence-electron chi connectivity index (χ3n) is 1.40. The first-order valence-electron chi connectivity index (χ1n) is 3.37. The molecule has 0 saturated heterocycles. The summed E-state index contributed by atoms with van der Waals surface area (Å²) in [5.41, 5.74) is 1.02. The summed E-state index contributed by atoms with van der Waals surface area (Å²) in [7, 11) is 0. The van der Waals surface area contributed by atoms with Crippen molar-refractivity contribution in [2.75, 3.05) is 0 Å². The van der Waals surface area contributed by atoms with Crippen molar-refractivity contribution in [2.45, 2.75) is 0 Å². The summed E-state index contributed by atoms with van der Waals surface area (Å²) < 4.78 is 0. The van der Waals surface area contributed by atoms with Gasteiger partial charge >= 0.3 is 0 Å². The highest BCUT2D eigenvalue weighted by Crippen LogP contribution is 2.18. The van der Waals surface area contributed by atoms with Gasteiger partial charge in [0.25, 0.3) is 0 Å². The van der Waals surface area contributed by atoms with Crippen molar-refractivity contribution in [1.82, 2.24) is 9.97 Å². The van der Waals surface area contributed by atoms with Crippen molar-refractivity contribution < 1.29 is 0 Å². The second-order valence-corrected chi connectivity index (χ2v) is 3.38. The number of aromatic nitrogens is 2. The number of rotatable bonds is 1. The van der Waals surface area contributed by atoms with Crippen LogP contribution in [0, 0.1) is 0 Å². The van der Waals surface area contributed by atoms with Gasteiger partial charge in [0, 0.05) is 17.1 Å². The molecule has 0 saturated carbocycles. The molecule has 0 amide bonds. The van der Waals surface area contributed by atoms with Gasteiger partial charge in [-0.15, -0.1) is 0 Å². The normalized spacial score (nSPS) is 10.1. The van der Waals surface area contributed by atoms with E-state index in [9.17, 15) is 0 Å². The van der Waals surface area contributed by atoms with Gasteiger partial charge in [0.05, 0.1) is 0 Å². The molecule has 60 valence electrons. The van der Waals surface area contributed by atoms with E-state index >= 15 is 0 Å². The molecule has 2 heterocycles. The zero-order valence-corrected chi connectivity index (χ0v) is 7.64.